The Bertz CT molecular complexity index is 1270. The number of nitrogens with zero attached hydrogens (tertiary/aromatic N) is 1. The minimum absolute atomic E-state index is 1.22. The quantitative estimate of drug-likeness (QED) is 0.337. The molecule has 0 aliphatic heterocycles. The number of fused-ring (bicyclic) bond motifs is 2. The van der Waals surface area contributed by atoms with E-state index in [1.165, 1.54) is 44.1 Å². The molecule has 27 heavy (non-hydrogen) atoms. The van der Waals surface area contributed by atoms with Gasteiger partial charge in [0.1, 0.15) is 7.05 Å². The highest BCUT2D eigenvalue weighted by atomic mass is 14.9. The van der Waals surface area contributed by atoms with Gasteiger partial charge in [-0.15, -0.1) is 0 Å². The van der Waals surface area contributed by atoms with E-state index in [1.807, 2.05) is 0 Å². The molecule has 0 bridgehead atoms. The summed E-state index contributed by atoms with van der Waals surface area (Å²) in [5.41, 5.74) is 6.21. The molecule has 0 atom stereocenters. The number of hydrogen-bond acceptors (Lipinski definition) is 0. The van der Waals surface area contributed by atoms with E-state index in [-0.39, 0.29) is 0 Å². The molecule has 1 nitrogen and oxygen atoms in total. The lowest BCUT2D eigenvalue weighted by atomic mass is 9.96. The summed E-state index contributed by atoms with van der Waals surface area (Å²) < 4.78 is 2.29. The largest absolute Gasteiger partial charge is 0.213 e. The number of para-hydroxylation sites is 1. The van der Waals surface area contributed by atoms with Gasteiger partial charge in [0.25, 0.3) is 0 Å². The Labute approximate surface area is 159 Å². The Balaban J connectivity index is 1.84. The molecule has 0 aliphatic rings. The summed E-state index contributed by atoms with van der Waals surface area (Å²) in [5.74, 6) is 0. The predicted molar refractivity (Wildman–Crippen MR) is 114 cm³/mol. The van der Waals surface area contributed by atoms with Crippen LogP contribution in [-0.4, -0.2) is 0 Å². The fraction of sp³-hybridized carbons (Fsp3) is 0.0385. The van der Waals surface area contributed by atoms with Crippen LogP contribution in [0.2, 0.25) is 0 Å². The topological polar surface area (TPSA) is 3.88 Å². The third-order valence-electron chi connectivity index (χ3n) is 5.33. The predicted octanol–water partition coefficient (Wildman–Crippen LogP) is 6.15. The molecule has 4 aromatic carbocycles. The van der Waals surface area contributed by atoms with Crippen molar-refractivity contribution in [3.8, 4) is 22.4 Å². The van der Waals surface area contributed by atoms with Gasteiger partial charge in [0, 0.05) is 23.3 Å². The Morgan fingerprint density at radius 2 is 1.26 bits per heavy atom. The number of benzene rings is 4. The molecule has 0 N–H and O–H groups in total. The molecular formula is C26H20N+. The molecule has 0 spiro atoms. The number of hydrogen-bond donors (Lipinski definition) is 0. The lowest BCUT2D eigenvalue weighted by Crippen LogP contribution is -2.32. The molecule has 1 heteroatoms. The van der Waals surface area contributed by atoms with Crippen LogP contribution in [0.1, 0.15) is 0 Å². The second kappa shape index (κ2) is 6.37. The highest BCUT2D eigenvalue weighted by Gasteiger charge is 2.18. The fourth-order valence-electron chi connectivity index (χ4n) is 3.92. The third-order valence-corrected chi connectivity index (χ3v) is 5.33. The number of aryl methyl sites for hydroxylation is 1. The Morgan fingerprint density at radius 3 is 2.11 bits per heavy atom. The van der Waals surface area contributed by atoms with Crippen LogP contribution < -0.4 is 4.57 Å². The van der Waals surface area contributed by atoms with Crippen LogP contribution in [0.3, 0.4) is 0 Å². The van der Waals surface area contributed by atoms with Gasteiger partial charge in [-0.1, -0.05) is 66.7 Å². The van der Waals surface area contributed by atoms with Crippen molar-refractivity contribution in [2.24, 2.45) is 7.05 Å². The van der Waals surface area contributed by atoms with Crippen molar-refractivity contribution in [1.29, 1.82) is 0 Å². The van der Waals surface area contributed by atoms with Gasteiger partial charge in [0.05, 0.1) is 5.39 Å². The second-order valence-corrected chi connectivity index (χ2v) is 6.95. The van der Waals surface area contributed by atoms with Crippen LogP contribution in [0, 0.1) is 0 Å². The van der Waals surface area contributed by atoms with Crippen molar-refractivity contribution < 1.29 is 4.57 Å². The SMILES string of the molecule is C[n+]1c(-c2ccccc2)cc(-c2ccc3ccccc3c2)c2ccccc21. The first kappa shape index (κ1) is 15.8. The molecule has 0 saturated carbocycles. The van der Waals surface area contributed by atoms with Gasteiger partial charge in [-0.05, 0) is 40.6 Å². The first-order valence-corrected chi connectivity index (χ1v) is 9.28. The van der Waals surface area contributed by atoms with E-state index in [0.717, 1.165) is 0 Å². The van der Waals surface area contributed by atoms with Gasteiger partial charge in [0.15, 0.2) is 0 Å². The van der Waals surface area contributed by atoms with Crippen LogP contribution in [0.4, 0.5) is 0 Å². The van der Waals surface area contributed by atoms with E-state index in [1.54, 1.807) is 0 Å². The summed E-state index contributed by atoms with van der Waals surface area (Å²) in [6, 6.07) is 36.9. The van der Waals surface area contributed by atoms with E-state index >= 15 is 0 Å². The number of pyridine rings is 1. The number of aromatic nitrogens is 1. The van der Waals surface area contributed by atoms with E-state index < -0.39 is 0 Å². The lowest BCUT2D eigenvalue weighted by Gasteiger charge is -2.11. The van der Waals surface area contributed by atoms with Gasteiger partial charge in [-0.3, -0.25) is 0 Å². The fourth-order valence-corrected chi connectivity index (χ4v) is 3.92. The highest BCUT2D eigenvalue weighted by Crippen LogP contribution is 2.32. The first-order valence-electron chi connectivity index (χ1n) is 9.28. The van der Waals surface area contributed by atoms with Crippen molar-refractivity contribution in [2.75, 3.05) is 0 Å². The van der Waals surface area contributed by atoms with Crippen molar-refractivity contribution >= 4 is 21.7 Å². The zero-order valence-electron chi connectivity index (χ0n) is 15.3. The molecule has 0 radical (unpaired) electrons. The summed E-state index contributed by atoms with van der Waals surface area (Å²) in [5, 5.41) is 3.82. The summed E-state index contributed by atoms with van der Waals surface area (Å²) in [6.45, 7) is 0. The van der Waals surface area contributed by atoms with Crippen molar-refractivity contribution in [2.45, 2.75) is 0 Å². The monoisotopic (exact) mass is 346 g/mol. The van der Waals surface area contributed by atoms with Crippen LogP contribution in [0.25, 0.3) is 44.1 Å². The maximum absolute atomic E-state index is 2.32. The van der Waals surface area contributed by atoms with Crippen LogP contribution in [0.15, 0.2) is 103 Å². The molecule has 1 aromatic heterocycles. The van der Waals surface area contributed by atoms with E-state index in [0.29, 0.717) is 0 Å². The minimum Gasteiger partial charge on any atom is -0.194 e. The smallest absolute Gasteiger partial charge is 0.194 e. The number of rotatable bonds is 2. The van der Waals surface area contributed by atoms with E-state index in [9.17, 15) is 0 Å². The molecule has 5 rings (SSSR count). The molecule has 1 heterocycles. The standard InChI is InChI=1S/C26H20N/c1-27-25-14-8-7-13-23(25)24(18-26(27)20-10-3-2-4-11-20)22-16-15-19-9-5-6-12-21(19)17-22/h2-18H,1H3/q+1. The van der Waals surface area contributed by atoms with Crippen LogP contribution in [0.5, 0.6) is 0 Å². The Hall–Kier alpha value is -3.45. The summed E-state index contributed by atoms with van der Waals surface area (Å²) in [4.78, 5) is 0. The van der Waals surface area contributed by atoms with E-state index in [2.05, 4.69) is 115 Å². The second-order valence-electron chi connectivity index (χ2n) is 6.95. The summed E-state index contributed by atoms with van der Waals surface area (Å²) in [7, 11) is 2.15. The van der Waals surface area contributed by atoms with Gasteiger partial charge >= 0.3 is 0 Å². The summed E-state index contributed by atoms with van der Waals surface area (Å²) in [6.07, 6.45) is 0. The van der Waals surface area contributed by atoms with Crippen molar-refractivity contribution in [3.63, 3.8) is 0 Å². The molecule has 0 amide bonds. The zero-order chi connectivity index (χ0) is 18.2. The Morgan fingerprint density at radius 1 is 0.556 bits per heavy atom. The molecule has 0 saturated heterocycles. The highest BCUT2D eigenvalue weighted by molar-refractivity contribution is 5.97. The zero-order valence-corrected chi connectivity index (χ0v) is 15.3. The maximum Gasteiger partial charge on any atom is 0.213 e. The van der Waals surface area contributed by atoms with Crippen molar-refractivity contribution in [1.82, 2.24) is 0 Å². The van der Waals surface area contributed by atoms with Gasteiger partial charge in [-0.2, -0.15) is 4.57 Å². The average molecular weight is 346 g/mol. The molecule has 0 unspecified atom stereocenters. The average Bonchev–Trinajstić information content (AvgIpc) is 2.74. The van der Waals surface area contributed by atoms with Gasteiger partial charge < -0.3 is 0 Å². The van der Waals surface area contributed by atoms with Gasteiger partial charge in [-0.25, -0.2) is 0 Å². The minimum atomic E-state index is 1.22. The molecule has 0 fully saturated rings. The molecule has 5 aromatic rings. The first-order chi connectivity index (χ1) is 13.3. The van der Waals surface area contributed by atoms with Crippen LogP contribution in [-0.2, 0) is 7.05 Å². The van der Waals surface area contributed by atoms with Crippen LogP contribution >= 0.6 is 0 Å². The molecule has 128 valence electrons. The molecule has 0 aliphatic carbocycles. The van der Waals surface area contributed by atoms with Gasteiger partial charge in [0.2, 0.25) is 11.2 Å². The normalized spacial score (nSPS) is 11.1. The third kappa shape index (κ3) is 2.69. The maximum atomic E-state index is 2.32. The lowest BCUT2D eigenvalue weighted by molar-refractivity contribution is -0.633. The summed E-state index contributed by atoms with van der Waals surface area (Å²) >= 11 is 0. The van der Waals surface area contributed by atoms with E-state index in [4.69, 9.17) is 0 Å². The van der Waals surface area contributed by atoms with Crippen molar-refractivity contribution in [3.05, 3.63) is 103 Å². The Kier molecular flexibility index (Phi) is 3.72. The molecular weight excluding hydrogens is 326 g/mol.